The van der Waals surface area contributed by atoms with Crippen molar-refractivity contribution in [2.75, 3.05) is 7.11 Å². The first-order chi connectivity index (χ1) is 12.8. The second kappa shape index (κ2) is 7.01. The molecule has 0 radical (unpaired) electrons. The lowest BCUT2D eigenvalue weighted by atomic mass is 10.0. The van der Waals surface area contributed by atoms with Gasteiger partial charge in [-0.3, -0.25) is 0 Å². The molecule has 1 aromatic heterocycles. The van der Waals surface area contributed by atoms with Crippen LogP contribution in [-0.2, 0) is 13.0 Å². The average molecular weight is 344 g/mol. The highest BCUT2D eigenvalue weighted by atomic mass is 16.5. The highest BCUT2D eigenvalue weighted by Crippen LogP contribution is 2.32. The van der Waals surface area contributed by atoms with Gasteiger partial charge in [-0.05, 0) is 35.8 Å². The molecule has 5 heteroatoms. The molecule has 130 valence electrons. The molecule has 26 heavy (non-hydrogen) atoms. The molecule has 0 spiro atoms. The number of rotatable bonds is 3. The van der Waals surface area contributed by atoms with Gasteiger partial charge in [0.2, 0.25) is 0 Å². The van der Waals surface area contributed by atoms with Crippen LogP contribution < -0.4 is 4.74 Å². The van der Waals surface area contributed by atoms with E-state index in [9.17, 15) is 5.26 Å². The van der Waals surface area contributed by atoms with E-state index in [1.54, 1.807) is 7.11 Å². The Morgan fingerprint density at radius 2 is 2.04 bits per heavy atom. The molecule has 3 aromatic rings. The summed E-state index contributed by atoms with van der Waals surface area (Å²) >= 11 is 0. The first-order valence-electron chi connectivity index (χ1n) is 8.92. The van der Waals surface area contributed by atoms with Crippen molar-refractivity contribution in [2.45, 2.75) is 32.2 Å². The molecule has 1 aliphatic heterocycles. The molecule has 0 saturated carbocycles. The van der Waals surface area contributed by atoms with Crippen molar-refractivity contribution in [3.63, 3.8) is 0 Å². The normalized spacial score (nSPS) is 14.5. The average Bonchev–Trinajstić information content (AvgIpc) is 2.93. The highest BCUT2D eigenvalue weighted by molar-refractivity contribution is 5.99. The van der Waals surface area contributed by atoms with E-state index < -0.39 is 0 Å². The first kappa shape index (κ1) is 16.3. The van der Waals surface area contributed by atoms with Crippen LogP contribution in [0.5, 0.6) is 5.75 Å². The molecule has 0 fully saturated rings. The second-order valence-electron chi connectivity index (χ2n) is 6.47. The van der Waals surface area contributed by atoms with Crippen molar-refractivity contribution in [3.8, 4) is 11.8 Å². The maximum absolute atomic E-state index is 9.83. The van der Waals surface area contributed by atoms with Crippen LogP contribution in [0, 0.1) is 11.3 Å². The summed E-state index contributed by atoms with van der Waals surface area (Å²) in [5.41, 5.74) is 1.41. The van der Waals surface area contributed by atoms with Gasteiger partial charge in [-0.2, -0.15) is 5.26 Å². The second-order valence-corrected chi connectivity index (χ2v) is 6.47. The summed E-state index contributed by atoms with van der Waals surface area (Å²) in [5, 5.41) is 20.6. The minimum Gasteiger partial charge on any atom is -0.496 e. The molecule has 0 N–H and O–H groups in total. The predicted molar refractivity (Wildman–Crippen MR) is 102 cm³/mol. The van der Waals surface area contributed by atoms with Crippen LogP contribution in [0.15, 0.2) is 36.4 Å². The SMILES string of the molecule is COc1ccc2ccccc2c1C=C(C#N)c1nnc2n1CCCCC2. The van der Waals surface area contributed by atoms with E-state index >= 15 is 0 Å². The predicted octanol–water partition coefficient (Wildman–Crippen LogP) is 4.23. The number of nitrogens with zero attached hydrogens (tertiary/aromatic N) is 4. The van der Waals surface area contributed by atoms with Crippen molar-refractivity contribution >= 4 is 22.4 Å². The third kappa shape index (κ3) is 2.84. The van der Waals surface area contributed by atoms with Crippen molar-refractivity contribution < 1.29 is 4.74 Å². The largest absolute Gasteiger partial charge is 0.496 e. The van der Waals surface area contributed by atoms with Gasteiger partial charge in [0.25, 0.3) is 0 Å². The molecule has 0 amide bonds. The fourth-order valence-corrected chi connectivity index (χ4v) is 3.58. The summed E-state index contributed by atoms with van der Waals surface area (Å²) in [6, 6.07) is 14.4. The van der Waals surface area contributed by atoms with Gasteiger partial charge in [0.05, 0.1) is 12.7 Å². The van der Waals surface area contributed by atoms with Crippen LogP contribution >= 0.6 is 0 Å². The van der Waals surface area contributed by atoms with Gasteiger partial charge in [-0.15, -0.1) is 10.2 Å². The van der Waals surface area contributed by atoms with E-state index in [1.807, 2.05) is 36.4 Å². The Kier molecular flexibility index (Phi) is 4.40. The number of hydrogen-bond donors (Lipinski definition) is 0. The number of methoxy groups -OCH3 is 1. The monoisotopic (exact) mass is 344 g/mol. The Morgan fingerprint density at radius 1 is 1.15 bits per heavy atom. The zero-order chi connectivity index (χ0) is 17.9. The van der Waals surface area contributed by atoms with Crippen LogP contribution in [-0.4, -0.2) is 21.9 Å². The molecule has 1 aliphatic rings. The number of nitriles is 1. The Hall–Kier alpha value is -3.13. The van der Waals surface area contributed by atoms with Gasteiger partial charge in [-0.1, -0.05) is 36.8 Å². The standard InChI is InChI=1S/C21H20N4O/c1-26-19-11-10-15-7-4-5-8-17(15)18(19)13-16(14-22)21-24-23-20-9-3-2-6-12-25(20)21/h4-5,7-8,10-11,13H,2-3,6,9,12H2,1H3. The maximum atomic E-state index is 9.83. The van der Waals surface area contributed by atoms with E-state index in [0.29, 0.717) is 11.4 Å². The summed E-state index contributed by atoms with van der Waals surface area (Å²) in [6.45, 7) is 0.864. The molecule has 4 rings (SSSR count). The Bertz CT molecular complexity index is 1030. The fourth-order valence-electron chi connectivity index (χ4n) is 3.58. The van der Waals surface area contributed by atoms with E-state index in [2.05, 4.69) is 26.9 Å². The number of aryl methyl sites for hydroxylation is 1. The summed E-state index contributed by atoms with van der Waals surface area (Å²) in [4.78, 5) is 0. The van der Waals surface area contributed by atoms with Crippen molar-refractivity contribution in [2.24, 2.45) is 0 Å². The quantitative estimate of drug-likeness (QED) is 0.667. The van der Waals surface area contributed by atoms with Crippen LogP contribution in [0.1, 0.15) is 36.5 Å². The lowest BCUT2D eigenvalue weighted by Gasteiger charge is -2.10. The van der Waals surface area contributed by atoms with Gasteiger partial charge < -0.3 is 9.30 Å². The van der Waals surface area contributed by atoms with Crippen molar-refractivity contribution in [3.05, 3.63) is 53.6 Å². The molecule has 0 bridgehead atoms. The smallest absolute Gasteiger partial charge is 0.174 e. The summed E-state index contributed by atoms with van der Waals surface area (Å²) in [6.07, 6.45) is 6.20. The van der Waals surface area contributed by atoms with E-state index in [1.165, 1.54) is 6.42 Å². The van der Waals surface area contributed by atoms with Crippen LogP contribution in [0.3, 0.4) is 0 Å². The van der Waals surface area contributed by atoms with Gasteiger partial charge >= 0.3 is 0 Å². The molecule has 2 aromatic carbocycles. The van der Waals surface area contributed by atoms with E-state index in [-0.39, 0.29) is 0 Å². The molecular formula is C21H20N4O. The summed E-state index contributed by atoms with van der Waals surface area (Å²) < 4.78 is 7.65. The van der Waals surface area contributed by atoms with Crippen LogP contribution in [0.4, 0.5) is 0 Å². The number of aromatic nitrogens is 3. The number of benzene rings is 2. The number of fused-ring (bicyclic) bond motifs is 2. The molecule has 5 nitrogen and oxygen atoms in total. The lowest BCUT2D eigenvalue weighted by Crippen LogP contribution is -2.05. The van der Waals surface area contributed by atoms with Crippen molar-refractivity contribution in [1.29, 1.82) is 5.26 Å². The topological polar surface area (TPSA) is 63.7 Å². The lowest BCUT2D eigenvalue weighted by molar-refractivity contribution is 0.414. The molecule has 0 unspecified atom stereocenters. The van der Waals surface area contributed by atoms with Crippen LogP contribution in [0.25, 0.3) is 22.4 Å². The zero-order valence-electron chi connectivity index (χ0n) is 14.8. The van der Waals surface area contributed by atoms with E-state index in [4.69, 9.17) is 4.74 Å². The summed E-state index contributed by atoms with van der Waals surface area (Å²) in [7, 11) is 1.65. The molecular weight excluding hydrogens is 324 g/mol. The molecule has 0 atom stereocenters. The minimum absolute atomic E-state index is 0.514. The number of allylic oxidation sites excluding steroid dienone is 1. The Balaban J connectivity index is 1.89. The van der Waals surface area contributed by atoms with Gasteiger partial charge in [0.1, 0.15) is 17.6 Å². The molecule has 0 saturated heterocycles. The fraction of sp³-hybridized carbons (Fsp3) is 0.286. The minimum atomic E-state index is 0.514. The van der Waals surface area contributed by atoms with E-state index in [0.717, 1.165) is 53.7 Å². The van der Waals surface area contributed by atoms with Gasteiger partial charge in [-0.25, -0.2) is 0 Å². The summed E-state index contributed by atoms with van der Waals surface area (Å²) in [5.74, 6) is 2.37. The Labute approximate surface area is 152 Å². The van der Waals surface area contributed by atoms with Crippen LogP contribution in [0.2, 0.25) is 0 Å². The molecule has 2 heterocycles. The highest BCUT2D eigenvalue weighted by Gasteiger charge is 2.18. The first-order valence-corrected chi connectivity index (χ1v) is 8.92. The molecule has 0 aliphatic carbocycles. The Morgan fingerprint density at radius 3 is 2.88 bits per heavy atom. The van der Waals surface area contributed by atoms with Gasteiger partial charge in [0, 0.05) is 18.5 Å². The third-order valence-electron chi connectivity index (χ3n) is 4.91. The number of ether oxygens (including phenoxy) is 1. The van der Waals surface area contributed by atoms with Gasteiger partial charge in [0.15, 0.2) is 5.82 Å². The zero-order valence-corrected chi connectivity index (χ0v) is 14.8. The number of hydrogen-bond acceptors (Lipinski definition) is 4. The maximum Gasteiger partial charge on any atom is 0.174 e. The van der Waals surface area contributed by atoms with Crippen molar-refractivity contribution in [1.82, 2.24) is 14.8 Å². The third-order valence-corrected chi connectivity index (χ3v) is 4.91.